The van der Waals surface area contributed by atoms with Gasteiger partial charge in [-0.25, -0.2) is 4.39 Å². The van der Waals surface area contributed by atoms with Crippen molar-refractivity contribution in [1.29, 1.82) is 0 Å². The molecule has 0 saturated carbocycles. The van der Waals surface area contributed by atoms with E-state index in [1.807, 2.05) is 6.92 Å². The van der Waals surface area contributed by atoms with E-state index in [-0.39, 0.29) is 11.7 Å². The molecule has 0 spiro atoms. The van der Waals surface area contributed by atoms with Crippen LogP contribution < -0.4 is 0 Å². The van der Waals surface area contributed by atoms with Crippen molar-refractivity contribution in [3.63, 3.8) is 0 Å². The zero-order chi connectivity index (χ0) is 12.1. The van der Waals surface area contributed by atoms with Gasteiger partial charge in [-0.1, -0.05) is 13.0 Å². The second kappa shape index (κ2) is 5.89. The van der Waals surface area contributed by atoms with Crippen molar-refractivity contribution >= 4 is 17.7 Å². The first-order chi connectivity index (χ1) is 7.50. The molecule has 0 aliphatic heterocycles. The second-order valence-corrected chi connectivity index (χ2v) is 4.86. The fourth-order valence-electron chi connectivity index (χ4n) is 1.21. The maximum Gasteiger partial charge on any atom is 0.307 e. The number of benzene rings is 1. The molecule has 1 atom stereocenters. The van der Waals surface area contributed by atoms with Crippen molar-refractivity contribution < 1.29 is 14.3 Å². The zero-order valence-corrected chi connectivity index (χ0v) is 10.2. The molecule has 88 valence electrons. The minimum Gasteiger partial charge on any atom is -0.481 e. The van der Waals surface area contributed by atoms with Gasteiger partial charge in [-0.3, -0.25) is 4.79 Å². The first-order valence-corrected chi connectivity index (χ1v) is 6.21. The third-order valence-electron chi connectivity index (χ3n) is 2.36. The van der Waals surface area contributed by atoms with Gasteiger partial charge in [0, 0.05) is 11.5 Å². The van der Waals surface area contributed by atoms with Crippen LogP contribution in [-0.4, -0.2) is 16.8 Å². The number of thioether (sulfide) groups is 1. The van der Waals surface area contributed by atoms with Crippen LogP contribution in [0.25, 0.3) is 0 Å². The molecule has 16 heavy (non-hydrogen) atoms. The number of rotatable bonds is 5. The Labute approximate surface area is 98.9 Å². The molecule has 1 unspecified atom stereocenters. The smallest absolute Gasteiger partial charge is 0.307 e. The Balaban J connectivity index is 2.48. The summed E-state index contributed by atoms with van der Waals surface area (Å²) in [6.07, 6.45) is 0. The van der Waals surface area contributed by atoms with Gasteiger partial charge < -0.3 is 5.11 Å². The standard InChI is InChI=1S/C12H15FO2S/c1-8-3-4-11(13)5-10(8)7-16-6-9(2)12(14)15/h3-5,9H,6-7H2,1-2H3,(H,14,15). The fraction of sp³-hybridized carbons (Fsp3) is 0.417. The average Bonchev–Trinajstić information content (AvgIpc) is 2.22. The quantitative estimate of drug-likeness (QED) is 0.862. The molecule has 0 radical (unpaired) electrons. The molecule has 1 rings (SSSR count). The number of aryl methyl sites for hydroxylation is 1. The van der Waals surface area contributed by atoms with Crippen LogP contribution in [0.4, 0.5) is 4.39 Å². The van der Waals surface area contributed by atoms with Gasteiger partial charge in [0.2, 0.25) is 0 Å². The lowest BCUT2D eigenvalue weighted by Gasteiger charge is -2.08. The molecule has 1 aromatic carbocycles. The Bertz CT molecular complexity index is 379. The first-order valence-electron chi connectivity index (χ1n) is 5.06. The summed E-state index contributed by atoms with van der Waals surface area (Å²) in [6.45, 7) is 3.60. The van der Waals surface area contributed by atoms with Crippen LogP contribution in [0.15, 0.2) is 18.2 Å². The summed E-state index contributed by atoms with van der Waals surface area (Å²) in [6, 6.07) is 4.68. The third kappa shape index (κ3) is 3.85. The van der Waals surface area contributed by atoms with Crippen LogP contribution in [0.2, 0.25) is 0 Å². The Hall–Kier alpha value is -1.03. The monoisotopic (exact) mass is 242 g/mol. The minimum atomic E-state index is -0.788. The summed E-state index contributed by atoms with van der Waals surface area (Å²) < 4.78 is 13.0. The summed E-state index contributed by atoms with van der Waals surface area (Å²) in [4.78, 5) is 10.6. The lowest BCUT2D eigenvalue weighted by molar-refractivity contribution is -0.140. The van der Waals surface area contributed by atoms with Crippen molar-refractivity contribution in [3.05, 3.63) is 35.1 Å². The molecule has 0 heterocycles. The molecule has 1 N–H and O–H groups in total. The fourth-order valence-corrected chi connectivity index (χ4v) is 2.36. The predicted octanol–water partition coefficient (Wildman–Crippen LogP) is 3.09. The highest BCUT2D eigenvalue weighted by atomic mass is 32.2. The minimum absolute atomic E-state index is 0.243. The predicted molar refractivity (Wildman–Crippen MR) is 64.1 cm³/mol. The molecule has 0 fully saturated rings. The van der Waals surface area contributed by atoms with E-state index in [2.05, 4.69) is 0 Å². The molecule has 2 nitrogen and oxygen atoms in total. The molecule has 0 aromatic heterocycles. The molecule has 1 aromatic rings. The van der Waals surface area contributed by atoms with Crippen molar-refractivity contribution in [3.8, 4) is 0 Å². The largest absolute Gasteiger partial charge is 0.481 e. The van der Waals surface area contributed by atoms with Crippen LogP contribution in [0.5, 0.6) is 0 Å². The number of carbonyl (C=O) groups is 1. The number of carboxylic acids is 1. The van der Waals surface area contributed by atoms with E-state index in [1.54, 1.807) is 13.0 Å². The molecule has 0 aliphatic carbocycles. The molecule has 0 amide bonds. The molecule has 0 aliphatic rings. The Kier molecular flexibility index (Phi) is 4.80. The van der Waals surface area contributed by atoms with Gasteiger partial charge in [-0.05, 0) is 30.2 Å². The van der Waals surface area contributed by atoms with E-state index >= 15 is 0 Å². The highest BCUT2D eigenvalue weighted by Gasteiger charge is 2.10. The number of carboxylic acid groups (broad SMARTS) is 1. The zero-order valence-electron chi connectivity index (χ0n) is 9.37. The average molecular weight is 242 g/mol. The van der Waals surface area contributed by atoms with Crippen LogP contribution in [0.3, 0.4) is 0 Å². The maximum atomic E-state index is 13.0. The molecule has 0 saturated heterocycles. The first kappa shape index (κ1) is 13.0. The Morgan fingerprint density at radius 1 is 1.56 bits per heavy atom. The van der Waals surface area contributed by atoms with Crippen LogP contribution in [-0.2, 0) is 10.5 Å². The van der Waals surface area contributed by atoms with Crippen LogP contribution in [0, 0.1) is 18.7 Å². The van der Waals surface area contributed by atoms with Gasteiger partial charge in [0.05, 0.1) is 5.92 Å². The van der Waals surface area contributed by atoms with Crippen molar-refractivity contribution in [2.24, 2.45) is 5.92 Å². The second-order valence-electron chi connectivity index (χ2n) is 3.83. The summed E-state index contributed by atoms with van der Waals surface area (Å²) in [5.74, 6) is -0.193. The Morgan fingerprint density at radius 2 is 2.25 bits per heavy atom. The summed E-state index contributed by atoms with van der Waals surface area (Å²) in [5.41, 5.74) is 1.97. The van der Waals surface area contributed by atoms with E-state index < -0.39 is 5.97 Å². The summed E-state index contributed by atoms with van der Waals surface area (Å²) in [7, 11) is 0. The van der Waals surface area contributed by atoms with E-state index in [4.69, 9.17) is 5.11 Å². The SMILES string of the molecule is Cc1ccc(F)cc1CSCC(C)C(=O)O. The Morgan fingerprint density at radius 3 is 2.88 bits per heavy atom. The van der Waals surface area contributed by atoms with Gasteiger partial charge in [0.25, 0.3) is 0 Å². The van der Waals surface area contributed by atoms with Gasteiger partial charge in [0.15, 0.2) is 0 Å². The molecular weight excluding hydrogens is 227 g/mol. The van der Waals surface area contributed by atoms with E-state index in [0.717, 1.165) is 11.1 Å². The van der Waals surface area contributed by atoms with Crippen LogP contribution in [0.1, 0.15) is 18.1 Å². The van der Waals surface area contributed by atoms with Gasteiger partial charge >= 0.3 is 5.97 Å². The van der Waals surface area contributed by atoms with Gasteiger partial charge in [0.1, 0.15) is 5.82 Å². The van der Waals surface area contributed by atoms with E-state index in [9.17, 15) is 9.18 Å². The van der Waals surface area contributed by atoms with Crippen molar-refractivity contribution in [2.45, 2.75) is 19.6 Å². The highest BCUT2D eigenvalue weighted by Crippen LogP contribution is 2.19. The van der Waals surface area contributed by atoms with E-state index in [0.29, 0.717) is 11.5 Å². The summed E-state index contributed by atoms with van der Waals surface area (Å²) >= 11 is 1.52. The topological polar surface area (TPSA) is 37.3 Å². The highest BCUT2D eigenvalue weighted by molar-refractivity contribution is 7.98. The van der Waals surface area contributed by atoms with Gasteiger partial charge in [-0.2, -0.15) is 11.8 Å². The van der Waals surface area contributed by atoms with Crippen LogP contribution >= 0.6 is 11.8 Å². The third-order valence-corrected chi connectivity index (χ3v) is 3.61. The number of hydrogen-bond donors (Lipinski definition) is 1. The normalized spacial score (nSPS) is 12.4. The summed E-state index contributed by atoms with van der Waals surface area (Å²) in [5, 5.41) is 8.70. The van der Waals surface area contributed by atoms with E-state index in [1.165, 1.54) is 23.9 Å². The molecular formula is C12H15FO2S. The maximum absolute atomic E-state index is 13.0. The number of aliphatic carboxylic acids is 1. The van der Waals surface area contributed by atoms with Crippen molar-refractivity contribution in [1.82, 2.24) is 0 Å². The molecule has 0 bridgehead atoms. The number of hydrogen-bond acceptors (Lipinski definition) is 2. The lowest BCUT2D eigenvalue weighted by atomic mass is 10.1. The van der Waals surface area contributed by atoms with Crippen molar-refractivity contribution in [2.75, 3.05) is 5.75 Å². The number of halogens is 1. The van der Waals surface area contributed by atoms with Gasteiger partial charge in [-0.15, -0.1) is 0 Å². The lowest BCUT2D eigenvalue weighted by Crippen LogP contribution is -2.11. The molecule has 4 heteroatoms.